The molecule has 1 aromatic carbocycles. The van der Waals surface area contributed by atoms with E-state index in [0.717, 1.165) is 13.1 Å². The minimum Gasteiger partial charge on any atom is -0.366 e. The van der Waals surface area contributed by atoms with Crippen molar-refractivity contribution in [3.63, 3.8) is 0 Å². The summed E-state index contributed by atoms with van der Waals surface area (Å²) in [5.41, 5.74) is 9.91. The molecule has 3 heteroatoms. The Bertz CT molecular complexity index is 390. The van der Waals surface area contributed by atoms with Crippen molar-refractivity contribution in [3.8, 4) is 0 Å². The lowest BCUT2D eigenvalue weighted by atomic mass is 10.1. The van der Waals surface area contributed by atoms with Gasteiger partial charge in [0.2, 0.25) is 0 Å². The van der Waals surface area contributed by atoms with Crippen LogP contribution in [0.5, 0.6) is 0 Å². The molecule has 1 aromatic rings. The summed E-state index contributed by atoms with van der Waals surface area (Å²) in [6.45, 7) is 8.40. The first-order valence-corrected chi connectivity index (χ1v) is 6.82. The SMILES string of the molecule is Cc1cc(C)c2c(c1)N(C(C)CN)CCS2. The van der Waals surface area contributed by atoms with Crippen molar-refractivity contribution in [2.75, 3.05) is 23.7 Å². The highest BCUT2D eigenvalue weighted by atomic mass is 32.2. The van der Waals surface area contributed by atoms with Crippen molar-refractivity contribution in [1.82, 2.24) is 0 Å². The lowest BCUT2D eigenvalue weighted by Gasteiger charge is -2.36. The Morgan fingerprint density at radius 2 is 2.19 bits per heavy atom. The fraction of sp³-hybridized carbons (Fsp3) is 0.538. The van der Waals surface area contributed by atoms with E-state index < -0.39 is 0 Å². The van der Waals surface area contributed by atoms with Gasteiger partial charge in [0.05, 0.1) is 5.69 Å². The molecule has 0 saturated carbocycles. The Kier molecular flexibility index (Phi) is 3.45. The predicted octanol–water partition coefficient (Wildman–Crippen LogP) is 2.56. The van der Waals surface area contributed by atoms with Crippen LogP contribution in [-0.4, -0.2) is 24.9 Å². The minimum atomic E-state index is 0.431. The van der Waals surface area contributed by atoms with Gasteiger partial charge >= 0.3 is 0 Å². The second-order valence-electron chi connectivity index (χ2n) is 4.56. The summed E-state index contributed by atoms with van der Waals surface area (Å²) in [4.78, 5) is 3.89. The number of thioether (sulfide) groups is 1. The second kappa shape index (κ2) is 4.68. The smallest absolute Gasteiger partial charge is 0.0512 e. The Balaban J connectivity index is 2.45. The van der Waals surface area contributed by atoms with E-state index in [9.17, 15) is 0 Å². The Morgan fingerprint density at radius 1 is 1.44 bits per heavy atom. The molecular formula is C13H20N2S. The quantitative estimate of drug-likeness (QED) is 0.855. The molecule has 1 aliphatic heterocycles. The molecule has 0 radical (unpaired) electrons. The van der Waals surface area contributed by atoms with Gasteiger partial charge in [0.1, 0.15) is 0 Å². The van der Waals surface area contributed by atoms with Crippen LogP contribution in [0, 0.1) is 13.8 Å². The van der Waals surface area contributed by atoms with Gasteiger partial charge in [-0.1, -0.05) is 6.07 Å². The number of benzene rings is 1. The topological polar surface area (TPSA) is 29.3 Å². The molecule has 0 aliphatic carbocycles. The van der Waals surface area contributed by atoms with Gasteiger partial charge in [-0.15, -0.1) is 11.8 Å². The van der Waals surface area contributed by atoms with Crippen LogP contribution in [0.15, 0.2) is 17.0 Å². The van der Waals surface area contributed by atoms with Crippen LogP contribution in [0.1, 0.15) is 18.1 Å². The van der Waals surface area contributed by atoms with Crippen molar-refractivity contribution in [2.45, 2.75) is 31.7 Å². The normalized spacial score (nSPS) is 17.1. The number of rotatable bonds is 2. The third-order valence-corrected chi connectivity index (χ3v) is 4.37. The summed E-state index contributed by atoms with van der Waals surface area (Å²) in [7, 11) is 0. The van der Waals surface area contributed by atoms with E-state index in [2.05, 4.69) is 37.8 Å². The highest BCUT2D eigenvalue weighted by Gasteiger charge is 2.22. The third kappa shape index (κ3) is 2.06. The Morgan fingerprint density at radius 3 is 2.88 bits per heavy atom. The first kappa shape index (κ1) is 11.8. The zero-order chi connectivity index (χ0) is 11.7. The van der Waals surface area contributed by atoms with Crippen molar-refractivity contribution >= 4 is 17.4 Å². The van der Waals surface area contributed by atoms with Crippen LogP contribution in [0.4, 0.5) is 5.69 Å². The van der Waals surface area contributed by atoms with Gasteiger partial charge in [-0.3, -0.25) is 0 Å². The van der Waals surface area contributed by atoms with Crippen LogP contribution in [-0.2, 0) is 0 Å². The molecule has 1 unspecified atom stereocenters. The lowest BCUT2D eigenvalue weighted by molar-refractivity contribution is 0.650. The predicted molar refractivity (Wildman–Crippen MR) is 72.5 cm³/mol. The van der Waals surface area contributed by atoms with Crippen molar-refractivity contribution in [3.05, 3.63) is 23.3 Å². The summed E-state index contributed by atoms with van der Waals surface area (Å²) in [6.07, 6.45) is 0. The number of nitrogens with two attached hydrogens (primary N) is 1. The van der Waals surface area contributed by atoms with Gasteiger partial charge in [0, 0.05) is 29.8 Å². The van der Waals surface area contributed by atoms with E-state index in [-0.39, 0.29) is 0 Å². The van der Waals surface area contributed by atoms with Crippen LogP contribution >= 0.6 is 11.8 Å². The van der Waals surface area contributed by atoms with Crippen molar-refractivity contribution in [1.29, 1.82) is 0 Å². The Labute approximate surface area is 102 Å². The third-order valence-electron chi connectivity index (χ3n) is 3.16. The number of aryl methyl sites for hydroxylation is 2. The minimum absolute atomic E-state index is 0.431. The maximum Gasteiger partial charge on any atom is 0.0512 e. The molecule has 0 spiro atoms. The average Bonchev–Trinajstić information content (AvgIpc) is 2.27. The number of nitrogens with zero attached hydrogens (tertiary/aromatic N) is 1. The van der Waals surface area contributed by atoms with E-state index in [0.29, 0.717) is 6.04 Å². The maximum absolute atomic E-state index is 5.79. The van der Waals surface area contributed by atoms with Crippen LogP contribution in [0.3, 0.4) is 0 Å². The van der Waals surface area contributed by atoms with E-state index in [1.54, 1.807) is 0 Å². The molecule has 0 saturated heterocycles. The molecule has 2 N–H and O–H groups in total. The van der Waals surface area contributed by atoms with Crippen molar-refractivity contribution in [2.24, 2.45) is 5.73 Å². The van der Waals surface area contributed by atoms with Crippen LogP contribution in [0.2, 0.25) is 0 Å². The molecule has 2 nitrogen and oxygen atoms in total. The van der Waals surface area contributed by atoms with Gasteiger partial charge in [0.15, 0.2) is 0 Å². The van der Waals surface area contributed by atoms with Gasteiger partial charge in [-0.25, -0.2) is 0 Å². The summed E-state index contributed by atoms with van der Waals surface area (Å²) in [5.74, 6) is 1.17. The molecule has 0 bridgehead atoms. The highest BCUT2D eigenvalue weighted by Crippen LogP contribution is 2.38. The molecule has 88 valence electrons. The van der Waals surface area contributed by atoms with E-state index >= 15 is 0 Å². The van der Waals surface area contributed by atoms with E-state index in [4.69, 9.17) is 5.73 Å². The van der Waals surface area contributed by atoms with Gasteiger partial charge in [0.25, 0.3) is 0 Å². The molecule has 0 aromatic heterocycles. The van der Waals surface area contributed by atoms with Gasteiger partial charge in [-0.05, 0) is 38.0 Å². The maximum atomic E-state index is 5.79. The van der Waals surface area contributed by atoms with Gasteiger partial charge in [-0.2, -0.15) is 0 Å². The fourth-order valence-corrected chi connectivity index (χ4v) is 3.39. The van der Waals surface area contributed by atoms with E-state index in [1.165, 1.54) is 27.5 Å². The Hall–Kier alpha value is -0.670. The molecule has 1 atom stereocenters. The zero-order valence-corrected chi connectivity index (χ0v) is 11.1. The average molecular weight is 236 g/mol. The van der Waals surface area contributed by atoms with E-state index in [1.807, 2.05) is 11.8 Å². The molecule has 1 heterocycles. The standard InChI is InChI=1S/C13H20N2S/c1-9-6-10(2)13-12(7-9)15(4-5-16-13)11(3)8-14/h6-7,11H,4-5,8,14H2,1-3H3. The molecule has 2 rings (SSSR count). The summed E-state index contributed by atoms with van der Waals surface area (Å²) in [6, 6.07) is 4.99. The largest absolute Gasteiger partial charge is 0.366 e. The lowest BCUT2D eigenvalue weighted by Crippen LogP contribution is -2.41. The molecule has 0 amide bonds. The fourth-order valence-electron chi connectivity index (χ4n) is 2.28. The monoisotopic (exact) mass is 236 g/mol. The summed E-state index contributed by atoms with van der Waals surface area (Å²) < 4.78 is 0. The first-order chi connectivity index (χ1) is 7.63. The summed E-state index contributed by atoms with van der Waals surface area (Å²) in [5, 5.41) is 0. The molecule has 0 fully saturated rings. The zero-order valence-electron chi connectivity index (χ0n) is 10.3. The van der Waals surface area contributed by atoms with Crippen LogP contribution < -0.4 is 10.6 Å². The number of anilines is 1. The number of fused-ring (bicyclic) bond motifs is 1. The number of hydrogen-bond donors (Lipinski definition) is 1. The first-order valence-electron chi connectivity index (χ1n) is 5.84. The van der Waals surface area contributed by atoms with Crippen LogP contribution in [0.25, 0.3) is 0 Å². The highest BCUT2D eigenvalue weighted by molar-refractivity contribution is 7.99. The molecular weight excluding hydrogens is 216 g/mol. The molecule has 16 heavy (non-hydrogen) atoms. The van der Waals surface area contributed by atoms with Gasteiger partial charge < -0.3 is 10.6 Å². The molecule has 1 aliphatic rings. The summed E-state index contributed by atoms with van der Waals surface area (Å²) >= 11 is 1.97. The second-order valence-corrected chi connectivity index (χ2v) is 5.66. The number of hydrogen-bond acceptors (Lipinski definition) is 3. The van der Waals surface area contributed by atoms with Crippen molar-refractivity contribution < 1.29 is 0 Å².